The first-order chi connectivity index (χ1) is 12.3. The van der Waals surface area contributed by atoms with E-state index in [1.807, 2.05) is 32.9 Å². The number of benzene rings is 2. The Labute approximate surface area is 152 Å². The van der Waals surface area contributed by atoms with Gasteiger partial charge in [0.2, 0.25) is 0 Å². The van der Waals surface area contributed by atoms with Crippen molar-refractivity contribution in [2.45, 2.75) is 33.8 Å². The second-order valence-electron chi connectivity index (χ2n) is 6.23. The fraction of sp³-hybridized carbons (Fsp3) is 0.238. The third kappa shape index (κ3) is 5.28. The van der Waals surface area contributed by atoms with Crippen molar-refractivity contribution in [3.8, 4) is 0 Å². The van der Waals surface area contributed by atoms with E-state index in [1.54, 1.807) is 12.1 Å². The van der Waals surface area contributed by atoms with Crippen LogP contribution in [-0.4, -0.2) is 18.0 Å². The maximum atomic E-state index is 13.1. The first kappa shape index (κ1) is 19.4. The molecule has 0 radical (unpaired) electrons. The number of hydrogen-bond acceptors (Lipinski definition) is 3. The highest BCUT2D eigenvalue weighted by molar-refractivity contribution is 5.97. The van der Waals surface area contributed by atoms with Gasteiger partial charge in [-0.25, -0.2) is 9.18 Å². The zero-order valence-corrected chi connectivity index (χ0v) is 15.3. The molecule has 26 heavy (non-hydrogen) atoms. The Balaban J connectivity index is 1.97. The Morgan fingerprint density at radius 1 is 1.12 bits per heavy atom. The van der Waals surface area contributed by atoms with E-state index < -0.39 is 23.8 Å². The summed E-state index contributed by atoms with van der Waals surface area (Å²) in [6.45, 7) is 7.31. The highest BCUT2D eigenvalue weighted by atomic mass is 19.1. The highest BCUT2D eigenvalue weighted by Crippen LogP contribution is 2.22. The molecule has 2 rings (SSSR count). The first-order valence-corrected chi connectivity index (χ1v) is 8.29. The van der Waals surface area contributed by atoms with Gasteiger partial charge in [-0.15, -0.1) is 0 Å². The Morgan fingerprint density at radius 3 is 2.38 bits per heavy atom. The SMILES string of the molecule is Cc1cc(C)c(NC(=O)C(C)OC(=O)/C=C/c2cccc(F)c2)c(C)c1. The van der Waals surface area contributed by atoms with E-state index in [9.17, 15) is 14.0 Å². The van der Waals surface area contributed by atoms with Gasteiger partial charge in [-0.2, -0.15) is 0 Å². The van der Waals surface area contributed by atoms with Crippen molar-refractivity contribution in [3.05, 3.63) is 70.5 Å². The smallest absolute Gasteiger partial charge is 0.331 e. The summed E-state index contributed by atoms with van der Waals surface area (Å²) in [6, 6.07) is 9.76. The van der Waals surface area contributed by atoms with Crippen LogP contribution in [0.3, 0.4) is 0 Å². The van der Waals surface area contributed by atoms with Crippen LogP contribution in [0.5, 0.6) is 0 Å². The Hall–Kier alpha value is -2.95. The predicted octanol–water partition coefficient (Wildman–Crippen LogP) is 4.33. The summed E-state index contributed by atoms with van der Waals surface area (Å²) >= 11 is 0. The van der Waals surface area contributed by atoms with E-state index in [-0.39, 0.29) is 0 Å². The lowest BCUT2D eigenvalue weighted by molar-refractivity contribution is -0.148. The van der Waals surface area contributed by atoms with Crippen LogP contribution >= 0.6 is 0 Å². The van der Waals surface area contributed by atoms with Crippen molar-refractivity contribution in [1.82, 2.24) is 0 Å². The van der Waals surface area contributed by atoms with Gasteiger partial charge in [-0.3, -0.25) is 4.79 Å². The molecule has 0 bridgehead atoms. The third-order valence-corrected chi connectivity index (χ3v) is 3.85. The van der Waals surface area contributed by atoms with Gasteiger partial charge in [-0.05, 0) is 62.6 Å². The second kappa shape index (κ2) is 8.43. The van der Waals surface area contributed by atoms with E-state index in [0.29, 0.717) is 5.56 Å². The molecule has 0 aliphatic carbocycles. The number of halogens is 1. The van der Waals surface area contributed by atoms with E-state index in [2.05, 4.69) is 5.32 Å². The van der Waals surface area contributed by atoms with Crippen molar-refractivity contribution >= 4 is 23.6 Å². The fourth-order valence-corrected chi connectivity index (χ4v) is 2.64. The average molecular weight is 355 g/mol. The van der Waals surface area contributed by atoms with Gasteiger partial charge in [-0.1, -0.05) is 29.8 Å². The van der Waals surface area contributed by atoms with Crippen LogP contribution in [-0.2, 0) is 14.3 Å². The van der Waals surface area contributed by atoms with Crippen LogP contribution in [0.25, 0.3) is 6.08 Å². The van der Waals surface area contributed by atoms with Crippen molar-refractivity contribution in [3.63, 3.8) is 0 Å². The number of carbonyl (C=O) groups is 2. The monoisotopic (exact) mass is 355 g/mol. The number of hydrogen-bond donors (Lipinski definition) is 1. The minimum Gasteiger partial charge on any atom is -0.449 e. The van der Waals surface area contributed by atoms with Gasteiger partial charge in [0.25, 0.3) is 5.91 Å². The molecular formula is C21H22FNO3. The number of rotatable bonds is 5. The number of anilines is 1. The summed E-state index contributed by atoms with van der Waals surface area (Å²) in [5.74, 6) is -1.47. The molecule has 2 aromatic rings. The average Bonchev–Trinajstić information content (AvgIpc) is 2.56. The maximum absolute atomic E-state index is 13.1. The molecule has 0 saturated heterocycles. The molecule has 0 aromatic heterocycles. The van der Waals surface area contributed by atoms with Crippen molar-refractivity contribution < 1.29 is 18.7 Å². The lowest BCUT2D eigenvalue weighted by atomic mass is 10.0. The van der Waals surface area contributed by atoms with E-state index in [0.717, 1.165) is 22.4 Å². The molecule has 0 aliphatic rings. The van der Waals surface area contributed by atoms with Crippen LogP contribution < -0.4 is 5.32 Å². The molecule has 1 atom stereocenters. The molecule has 0 heterocycles. The molecule has 136 valence electrons. The number of carbonyl (C=O) groups excluding carboxylic acids is 2. The molecule has 0 spiro atoms. The lowest BCUT2D eigenvalue weighted by Gasteiger charge is -2.16. The first-order valence-electron chi connectivity index (χ1n) is 8.29. The number of esters is 1. The summed E-state index contributed by atoms with van der Waals surface area (Å²) in [4.78, 5) is 24.2. The standard InChI is InChI=1S/C21H22FNO3/c1-13-10-14(2)20(15(3)11-13)23-21(25)16(4)26-19(24)9-8-17-6-5-7-18(22)12-17/h5-12,16H,1-4H3,(H,23,25)/b9-8+. The van der Waals surface area contributed by atoms with Gasteiger partial charge in [0, 0.05) is 11.8 Å². The maximum Gasteiger partial charge on any atom is 0.331 e. The van der Waals surface area contributed by atoms with Crippen molar-refractivity contribution in [1.29, 1.82) is 0 Å². The summed E-state index contributed by atoms with van der Waals surface area (Å²) < 4.78 is 18.2. The molecule has 1 N–H and O–H groups in total. The zero-order valence-electron chi connectivity index (χ0n) is 15.3. The molecule has 1 amide bonds. The van der Waals surface area contributed by atoms with Gasteiger partial charge in [0.15, 0.2) is 6.10 Å². The van der Waals surface area contributed by atoms with Crippen LogP contribution in [0, 0.1) is 26.6 Å². The summed E-state index contributed by atoms with van der Waals surface area (Å²) in [5.41, 5.74) is 4.25. The van der Waals surface area contributed by atoms with E-state index in [4.69, 9.17) is 4.74 Å². The number of nitrogens with one attached hydrogen (secondary N) is 1. The molecule has 0 saturated carbocycles. The normalized spacial score (nSPS) is 12.0. The molecule has 1 unspecified atom stereocenters. The van der Waals surface area contributed by atoms with Crippen molar-refractivity contribution in [2.75, 3.05) is 5.32 Å². The summed E-state index contributed by atoms with van der Waals surface area (Å²) in [6.07, 6.45) is 1.64. The minimum absolute atomic E-state index is 0.392. The second-order valence-corrected chi connectivity index (χ2v) is 6.23. The van der Waals surface area contributed by atoms with Gasteiger partial charge < -0.3 is 10.1 Å². The minimum atomic E-state index is -0.959. The Morgan fingerprint density at radius 2 is 1.77 bits per heavy atom. The van der Waals surface area contributed by atoms with E-state index in [1.165, 1.54) is 31.2 Å². The predicted molar refractivity (Wildman–Crippen MR) is 100 cm³/mol. The Kier molecular flexibility index (Phi) is 6.28. The number of amides is 1. The van der Waals surface area contributed by atoms with Crippen LogP contribution in [0.4, 0.5) is 10.1 Å². The highest BCUT2D eigenvalue weighted by Gasteiger charge is 2.18. The topological polar surface area (TPSA) is 55.4 Å². The van der Waals surface area contributed by atoms with Gasteiger partial charge in [0.1, 0.15) is 5.82 Å². The van der Waals surface area contributed by atoms with Crippen LogP contribution in [0.2, 0.25) is 0 Å². The molecular weight excluding hydrogens is 333 g/mol. The summed E-state index contributed by atoms with van der Waals surface area (Å²) in [5, 5.41) is 2.80. The molecule has 5 heteroatoms. The fourth-order valence-electron chi connectivity index (χ4n) is 2.64. The summed E-state index contributed by atoms with van der Waals surface area (Å²) in [7, 11) is 0. The lowest BCUT2D eigenvalue weighted by Crippen LogP contribution is -2.30. The van der Waals surface area contributed by atoms with Gasteiger partial charge >= 0.3 is 5.97 Å². The molecule has 0 fully saturated rings. The number of ether oxygens (including phenoxy) is 1. The van der Waals surface area contributed by atoms with Crippen molar-refractivity contribution in [2.24, 2.45) is 0 Å². The molecule has 4 nitrogen and oxygen atoms in total. The van der Waals surface area contributed by atoms with E-state index >= 15 is 0 Å². The molecule has 2 aromatic carbocycles. The third-order valence-electron chi connectivity index (χ3n) is 3.85. The van der Waals surface area contributed by atoms with Crippen LogP contribution in [0.1, 0.15) is 29.2 Å². The zero-order chi connectivity index (χ0) is 19.3. The van der Waals surface area contributed by atoms with Gasteiger partial charge in [0.05, 0.1) is 0 Å². The quantitative estimate of drug-likeness (QED) is 0.641. The largest absolute Gasteiger partial charge is 0.449 e. The molecule has 0 aliphatic heterocycles. The Bertz CT molecular complexity index is 835. The number of aryl methyl sites for hydroxylation is 3. The van der Waals surface area contributed by atoms with Crippen LogP contribution in [0.15, 0.2) is 42.5 Å².